The second kappa shape index (κ2) is 5.74. The van der Waals surface area contributed by atoms with Crippen molar-refractivity contribution >= 4 is 17.5 Å². The van der Waals surface area contributed by atoms with Gasteiger partial charge in [-0.25, -0.2) is 0 Å². The lowest BCUT2D eigenvalue weighted by Gasteiger charge is -2.42. The van der Waals surface area contributed by atoms with Crippen molar-refractivity contribution in [2.75, 3.05) is 19.0 Å². The molecule has 0 saturated carbocycles. The van der Waals surface area contributed by atoms with E-state index in [1.165, 1.54) is 0 Å². The molecule has 0 radical (unpaired) electrons. The molecule has 110 valence electrons. The Balaban J connectivity index is 2.23. The van der Waals surface area contributed by atoms with Crippen LogP contribution in [0.2, 0.25) is 0 Å². The number of amides is 1. The Morgan fingerprint density at radius 3 is 2.50 bits per heavy atom. The molecule has 0 bridgehead atoms. The first kappa shape index (κ1) is 15.3. The number of morpholine rings is 1. The summed E-state index contributed by atoms with van der Waals surface area (Å²) in [4.78, 5) is 14.5. The molecule has 1 unspecified atom stereocenters. The van der Waals surface area contributed by atoms with Gasteiger partial charge in [-0.1, -0.05) is 17.2 Å². The third-order valence-corrected chi connectivity index (χ3v) is 3.75. The number of alkyl halides is 1. The average molecular weight is 296 g/mol. The Morgan fingerprint density at radius 1 is 1.35 bits per heavy atom. The van der Waals surface area contributed by atoms with Gasteiger partial charge >= 0.3 is 0 Å². The number of rotatable bonds is 2. The minimum atomic E-state index is -0.355. The van der Waals surface area contributed by atoms with Crippen LogP contribution in [0.1, 0.15) is 35.3 Å². The van der Waals surface area contributed by atoms with Crippen LogP contribution in [0, 0.1) is 13.8 Å². The number of aryl methyl sites for hydroxylation is 2. The lowest BCUT2D eigenvalue weighted by Crippen LogP contribution is -2.55. The molecule has 0 spiro atoms. The van der Waals surface area contributed by atoms with Crippen molar-refractivity contribution in [2.24, 2.45) is 0 Å². The molecule has 0 aromatic heterocycles. The largest absolute Gasteiger partial charge is 0.367 e. The van der Waals surface area contributed by atoms with Gasteiger partial charge in [0.25, 0.3) is 5.91 Å². The molecule has 1 heterocycles. The molecule has 1 amide bonds. The lowest BCUT2D eigenvalue weighted by molar-refractivity contribution is -0.117. The van der Waals surface area contributed by atoms with Crippen LogP contribution < -0.4 is 0 Å². The zero-order valence-corrected chi connectivity index (χ0v) is 13.3. The number of carbonyl (C=O) groups excluding carboxylic acids is 1. The number of hydrogen-bond donors (Lipinski definition) is 0. The van der Waals surface area contributed by atoms with E-state index >= 15 is 0 Å². The summed E-state index contributed by atoms with van der Waals surface area (Å²) >= 11 is 5.91. The number of benzene rings is 1. The first-order chi connectivity index (χ1) is 9.30. The molecule has 1 aromatic rings. The zero-order chi connectivity index (χ0) is 14.9. The van der Waals surface area contributed by atoms with E-state index in [9.17, 15) is 4.79 Å². The SMILES string of the molecule is Cc1cc(C)cc(C(=O)N2CC(CCl)OC(C)(C)C2)c1. The Kier molecular flexibility index (Phi) is 4.40. The van der Waals surface area contributed by atoms with Gasteiger partial charge in [-0.05, 0) is 39.8 Å². The van der Waals surface area contributed by atoms with Gasteiger partial charge < -0.3 is 9.64 Å². The summed E-state index contributed by atoms with van der Waals surface area (Å²) in [6.07, 6.45) is -0.102. The number of carbonyl (C=O) groups is 1. The molecule has 1 aromatic carbocycles. The Labute approximate surface area is 125 Å². The highest BCUT2D eigenvalue weighted by Gasteiger charge is 2.35. The quantitative estimate of drug-likeness (QED) is 0.784. The molecule has 2 rings (SSSR count). The molecular weight excluding hydrogens is 274 g/mol. The first-order valence-electron chi connectivity index (χ1n) is 6.92. The van der Waals surface area contributed by atoms with E-state index in [1.54, 1.807) is 0 Å². The second-order valence-corrected chi connectivity index (χ2v) is 6.52. The predicted molar refractivity (Wildman–Crippen MR) is 81.5 cm³/mol. The summed E-state index contributed by atoms with van der Waals surface area (Å²) in [6.45, 7) is 9.15. The van der Waals surface area contributed by atoms with Crippen LogP contribution in [0.4, 0.5) is 0 Å². The standard InChI is InChI=1S/C16H22ClNO2/c1-11-5-12(2)7-13(6-11)15(19)18-9-14(8-17)20-16(3,4)10-18/h5-7,14H,8-10H2,1-4H3. The Bertz CT molecular complexity index is 493. The van der Waals surface area contributed by atoms with Crippen molar-refractivity contribution < 1.29 is 9.53 Å². The van der Waals surface area contributed by atoms with Crippen molar-refractivity contribution in [3.05, 3.63) is 34.9 Å². The van der Waals surface area contributed by atoms with Crippen molar-refractivity contribution in [1.29, 1.82) is 0 Å². The number of halogens is 1. The summed E-state index contributed by atoms with van der Waals surface area (Å²) in [5.74, 6) is 0.461. The molecule has 1 saturated heterocycles. The van der Waals surface area contributed by atoms with Crippen molar-refractivity contribution in [2.45, 2.75) is 39.4 Å². The van der Waals surface area contributed by atoms with E-state index in [2.05, 4.69) is 6.07 Å². The predicted octanol–water partition coefficient (Wildman–Crippen LogP) is 3.16. The summed E-state index contributed by atoms with van der Waals surface area (Å²) in [7, 11) is 0. The molecule has 0 aliphatic carbocycles. The third-order valence-electron chi connectivity index (χ3n) is 3.41. The van der Waals surface area contributed by atoms with E-state index in [0.29, 0.717) is 19.0 Å². The molecule has 1 fully saturated rings. The van der Waals surface area contributed by atoms with Crippen LogP contribution in [0.25, 0.3) is 0 Å². The Hall–Kier alpha value is -1.06. The second-order valence-electron chi connectivity index (χ2n) is 6.22. The Morgan fingerprint density at radius 2 is 1.95 bits per heavy atom. The van der Waals surface area contributed by atoms with E-state index in [1.807, 2.05) is 44.7 Å². The van der Waals surface area contributed by atoms with E-state index in [0.717, 1.165) is 16.7 Å². The molecule has 1 atom stereocenters. The van der Waals surface area contributed by atoms with Crippen LogP contribution in [-0.4, -0.2) is 41.5 Å². The molecule has 20 heavy (non-hydrogen) atoms. The van der Waals surface area contributed by atoms with E-state index in [4.69, 9.17) is 16.3 Å². The normalized spacial score (nSPS) is 21.9. The highest BCUT2D eigenvalue weighted by molar-refractivity contribution is 6.18. The van der Waals surface area contributed by atoms with Crippen molar-refractivity contribution in [3.8, 4) is 0 Å². The maximum absolute atomic E-state index is 12.7. The summed E-state index contributed by atoms with van der Waals surface area (Å²) < 4.78 is 5.86. The maximum atomic E-state index is 12.7. The van der Waals surface area contributed by atoms with E-state index in [-0.39, 0.29) is 17.6 Å². The van der Waals surface area contributed by atoms with Gasteiger partial charge in [0.1, 0.15) is 0 Å². The van der Waals surface area contributed by atoms with E-state index < -0.39 is 0 Å². The van der Waals surface area contributed by atoms with Gasteiger partial charge in [0.2, 0.25) is 0 Å². The highest BCUT2D eigenvalue weighted by atomic mass is 35.5. The number of nitrogens with zero attached hydrogens (tertiary/aromatic N) is 1. The zero-order valence-electron chi connectivity index (χ0n) is 12.6. The number of ether oxygens (including phenoxy) is 1. The minimum Gasteiger partial charge on any atom is -0.367 e. The van der Waals surface area contributed by atoms with Crippen LogP contribution >= 0.6 is 11.6 Å². The van der Waals surface area contributed by atoms with Gasteiger partial charge in [0.15, 0.2) is 0 Å². The molecule has 0 N–H and O–H groups in total. The van der Waals surface area contributed by atoms with Crippen LogP contribution in [0.5, 0.6) is 0 Å². The maximum Gasteiger partial charge on any atom is 0.254 e. The molecule has 4 heteroatoms. The fourth-order valence-electron chi connectivity index (χ4n) is 2.81. The van der Waals surface area contributed by atoms with Crippen molar-refractivity contribution in [1.82, 2.24) is 4.90 Å². The lowest BCUT2D eigenvalue weighted by atomic mass is 10.0. The topological polar surface area (TPSA) is 29.5 Å². The molecule has 3 nitrogen and oxygen atoms in total. The smallest absolute Gasteiger partial charge is 0.254 e. The minimum absolute atomic E-state index is 0.0586. The van der Waals surface area contributed by atoms with Gasteiger partial charge in [0, 0.05) is 18.7 Å². The van der Waals surface area contributed by atoms with Crippen molar-refractivity contribution in [3.63, 3.8) is 0 Å². The van der Waals surface area contributed by atoms with Crippen LogP contribution in [0.15, 0.2) is 18.2 Å². The number of hydrogen-bond acceptors (Lipinski definition) is 2. The van der Waals surface area contributed by atoms with Crippen LogP contribution in [-0.2, 0) is 4.74 Å². The molecule has 1 aliphatic heterocycles. The average Bonchev–Trinajstić information content (AvgIpc) is 2.34. The highest BCUT2D eigenvalue weighted by Crippen LogP contribution is 2.23. The monoisotopic (exact) mass is 295 g/mol. The van der Waals surface area contributed by atoms with Crippen LogP contribution in [0.3, 0.4) is 0 Å². The first-order valence-corrected chi connectivity index (χ1v) is 7.45. The van der Waals surface area contributed by atoms with Gasteiger partial charge in [-0.3, -0.25) is 4.79 Å². The molecule has 1 aliphatic rings. The molecular formula is C16H22ClNO2. The summed E-state index contributed by atoms with van der Waals surface area (Å²) in [5, 5.41) is 0. The third kappa shape index (κ3) is 3.53. The van der Waals surface area contributed by atoms with Gasteiger partial charge in [-0.15, -0.1) is 11.6 Å². The summed E-state index contributed by atoms with van der Waals surface area (Å²) in [5.41, 5.74) is 2.60. The van der Waals surface area contributed by atoms with Gasteiger partial charge in [0.05, 0.1) is 17.6 Å². The fraction of sp³-hybridized carbons (Fsp3) is 0.562. The fourth-order valence-corrected chi connectivity index (χ4v) is 2.97. The van der Waals surface area contributed by atoms with Gasteiger partial charge in [-0.2, -0.15) is 0 Å². The summed E-state index contributed by atoms with van der Waals surface area (Å²) in [6, 6.07) is 5.95.